The molecule has 0 aliphatic heterocycles. The molecule has 1 aromatic heterocycles. The van der Waals surface area contributed by atoms with Crippen molar-refractivity contribution in [3.05, 3.63) is 54.0 Å². The fourth-order valence-corrected chi connectivity index (χ4v) is 1.77. The van der Waals surface area contributed by atoms with E-state index in [9.17, 15) is 13.6 Å². The second-order valence-corrected chi connectivity index (χ2v) is 4.38. The predicted octanol–water partition coefficient (Wildman–Crippen LogP) is 3.31. The monoisotopic (exact) mass is 280 g/mol. The Labute approximate surface area is 114 Å². The van der Waals surface area contributed by atoms with Gasteiger partial charge in [0.25, 0.3) is 0 Å². The number of furan rings is 1. The van der Waals surface area contributed by atoms with Gasteiger partial charge in [-0.25, -0.2) is 13.6 Å². The first-order valence-electron chi connectivity index (χ1n) is 6.10. The summed E-state index contributed by atoms with van der Waals surface area (Å²) in [5, 5.41) is 4.74. The van der Waals surface area contributed by atoms with Crippen molar-refractivity contribution in [2.24, 2.45) is 0 Å². The smallest absolute Gasteiger partial charge is 0.319 e. The number of benzene rings is 1. The third-order valence-electron chi connectivity index (χ3n) is 2.67. The molecule has 106 valence electrons. The van der Waals surface area contributed by atoms with Gasteiger partial charge in [-0.2, -0.15) is 0 Å². The van der Waals surface area contributed by atoms with E-state index in [1.807, 2.05) is 0 Å². The molecule has 6 heteroatoms. The minimum atomic E-state index is -0.821. The van der Waals surface area contributed by atoms with E-state index in [2.05, 4.69) is 10.6 Å². The Morgan fingerprint density at radius 1 is 1.25 bits per heavy atom. The van der Waals surface area contributed by atoms with Crippen LogP contribution in [0.4, 0.5) is 19.3 Å². The number of nitrogens with one attached hydrogen (secondary N) is 2. The molecule has 0 radical (unpaired) electrons. The summed E-state index contributed by atoms with van der Waals surface area (Å²) in [7, 11) is 0. The molecule has 4 nitrogen and oxygen atoms in total. The number of hydrogen-bond donors (Lipinski definition) is 2. The maximum atomic E-state index is 13.4. The fourth-order valence-electron chi connectivity index (χ4n) is 1.77. The molecule has 0 aliphatic rings. The van der Waals surface area contributed by atoms with Crippen molar-refractivity contribution >= 4 is 11.7 Å². The Hall–Kier alpha value is -2.37. The van der Waals surface area contributed by atoms with E-state index in [4.69, 9.17) is 4.42 Å². The van der Waals surface area contributed by atoms with Crippen LogP contribution in [-0.4, -0.2) is 12.1 Å². The molecule has 0 fully saturated rings. The van der Waals surface area contributed by atoms with Crippen LogP contribution < -0.4 is 10.6 Å². The van der Waals surface area contributed by atoms with Crippen LogP contribution in [0.15, 0.2) is 41.0 Å². The number of halogens is 2. The van der Waals surface area contributed by atoms with Gasteiger partial charge in [0.1, 0.15) is 23.1 Å². The lowest BCUT2D eigenvalue weighted by Gasteiger charge is -2.14. The topological polar surface area (TPSA) is 54.3 Å². The van der Waals surface area contributed by atoms with Gasteiger partial charge in [-0.05, 0) is 31.2 Å². The maximum Gasteiger partial charge on any atom is 0.319 e. The lowest BCUT2D eigenvalue weighted by Crippen LogP contribution is -2.37. The molecule has 20 heavy (non-hydrogen) atoms. The maximum absolute atomic E-state index is 13.4. The van der Waals surface area contributed by atoms with E-state index in [0.29, 0.717) is 6.42 Å². The summed E-state index contributed by atoms with van der Waals surface area (Å²) in [5.41, 5.74) is -0.463. The summed E-state index contributed by atoms with van der Waals surface area (Å²) in [6.07, 6.45) is 2.02. The first-order chi connectivity index (χ1) is 9.56. The number of hydrogen-bond acceptors (Lipinski definition) is 2. The molecule has 2 aromatic rings. The van der Waals surface area contributed by atoms with Gasteiger partial charge in [0.05, 0.1) is 6.26 Å². The highest BCUT2D eigenvalue weighted by Gasteiger charge is 2.14. The molecule has 2 N–H and O–H groups in total. The Balaban J connectivity index is 1.92. The summed E-state index contributed by atoms with van der Waals surface area (Å²) < 4.78 is 31.9. The molecule has 1 unspecified atom stereocenters. The zero-order valence-electron chi connectivity index (χ0n) is 10.8. The Bertz CT molecular complexity index is 565. The summed E-state index contributed by atoms with van der Waals surface area (Å²) in [5.74, 6) is -0.924. The molecule has 0 spiro atoms. The number of rotatable bonds is 4. The third-order valence-corrected chi connectivity index (χ3v) is 2.67. The van der Waals surface area contributed by atoms with E-state index in [1.54, 1.807) is 19.1 Å². The molecule has 1 aromatic carbocycles. The van der Waals surface area contributed by atoms with Crippen LogP contribution in [0.5, 0.6) is 0 Å². The van der Waals surface area contributed by atoms with Crippen molar-refractivity contribution in [3.8, 4) is 0 Å². The van der Waals surface area contributed by atoms with Gasteiger partial charge in [0.15, 0.2) is 0 Å². The van der Waals surface area contributed by atoms with E-state index in [0.717, 1.165) is 17.9 Å². The fraction of sp³-hybridized carbons (Fsp3) is 0.214. The zero-order valence-corrected chi connectivity index (χ0v) is 10.8. The van der Waals surface area contributed by atoms with Crippen LogP contribution in [0.2, 0.25) is 0 Å². The average Bonchev–Trinajstić information content (AvgIpc) is 2.86. The Morgan fingerprint density at radius 3 is 2.55 bits per heavy atom. The van der Waals surface area contributed by atoms with Gasteiger partial charge in [-0.3, -0.25) is 0 Å². The van der Waals surface area contributed by atoms with Crippen LogP contribution in [0.25, 0.3) is 0 Å². The second-order valence-electron chi connectivity index (χ2n) is 4.38. The van der Waals surface area contributed by atoms with Gasteiger partial charge in [-0.1, -0.05) is 6.07 Å². The van der Waals surface area contributed by atoms with E-state index < -0.39 is 23.4 Å². The van der Waals surface area contributed by atoms with E-state index >= 15 is 0 Å². The number of anilines is 1. The van der Waals surface area contributed by atoms with Crippen molar-refractivity contribution in [3.63, 3.8) is 0 Å². The van der Waals surface area contributed by atoms with Crippen LogP contribution in [0.3, 0.4) is 0 Å². The van der Waals surface area contributed by atoms with Crippen molar-refractivity contribution in [1.82, 2.24) is 5.32 Å². The molecule has 2 rings (SSSR count). The molecule has 2 amide bonds. The van der Waals surface area contributed by atoms with Crippen molar-refractivity contribution in [2.45, 2.75) is 19.4 Å². The highest BCUT2D eigenvalue weighted by Crippen LogP contribution is 2.17. The van der Waals surface area contributed by atoms with Gasteiger partial charge in [0.2, 0.25) is 0 Å². The van der Waals surface area contributed by atoms with Gasteiger partial charge < -0.3 is 15.1 Å². The SMILES string of the molecule is CC(Cc1ccco1)NC(=O)Nc1c(F)cccc1F. The van der Waals surface area contributed by atoms with Crippen molar-refractivity contribution < 1.29 is 18.0 Å². The number of para-hydroxylation sites is 1. The number of urea groups is 1. The summed E-state index contributed by atoms with van der Waals surface area (Å²) in [4.78, 5) is 11.7. The standard InChI is InChI=1S/C14H14F2N2O2/c1-9(8-10-4-3-7-20-10)17-14(19)18-13-11(15)5-2-6-12(13)16/h2-7,9H,8H2,1H3,(H2,17,18,19). The number of carbonyl (C=O) groups excluding carboxylic acids is 1. The van der Waals surface area contributed by atoms with Crippen LogP contribution in [-0.2, 0) is 6.42 Å². The second kappa shape index (κ2) is 6.18. The third kappa shape index (κ3) is 3.57. The zero-order chi connectivity index (χ0) is 14.5. The Morgan fingerprint density at radius 2 is 1.95 bits per heavy atom. The molecule has 0 saturated heterocycles. The molecule has 0 saturated carbocycles. The minimum absolute atomic E-state index is 0.240. The first-order valence-corrected chi connectivity index (χ1v) is 6.10. The van der Waals surface area contributed by atoms with Crippen LogP contribution in [0.1, 0.15) is 12.7 Å². The van der Waals surface area contributed by atoms with Crippen LogP contribution in [0, 0.1) is 11.6 Å². The molecule has 0 aliphatic carbocycles. The van der Waals surface area contributed by atoms with E-state index in [-0.39, 0.29) is 6.04 Å². The summed E-state index contributed by atoms with van der Waals surface area (Å²) in [6.45, 7) is 1.76. The first kappa shape index (κ1) is 14.0. The average molecular weight is 280 g/mol. The number of amides is 2. The lowest BCUT2D eigenvalue weighted by atomic mass is 10.2. The largest absolute Gasteiger partial charge is 0.469 e. The molecule has 1 heterocycles. The molecule has 1 atom stereocenters. The van der Waals surface area contributed by atoms with Gasteiger partial charge in [-0.15, -0.1) is 0 Å². The number of carbonyl (C=O) groups is 1. The lowest BCUT2D eigenvalue weighted by molar-refractivity contribution is 0.248. The highest BCUT2D eigenvalue weighted by molar-refractivity contribution is 5.89. The van der Waals surface area contributed by atoms with E-state index in [1.165, 1.54) is 12.3 Å². The molecular weight excluding hydrogens is 266 g/mol. The predicted molar refractivity (Wildman–Crippen MR) is 70.4 cm³/mol. The minimum Gasteiger partial charge on any atom is -0.469 e. The quantitative estimate of drug-likeness (QED) is 0.902. The molecule has 0 bridgehead atoms. The molecular formula is C14H14F2N2O2. The van der Waals surface area contributed by atoms with Crippen molar-refractivity contribution in [1.29, 1.82) is 0 Å². The van der Waals surface area contributed by atoms with Crippen LogP contribution >= 0.6 is 0 Å². The summed E-state index contributed by atoms with van der Waals surface area (Å²) in [6, 6.07) is 6.00. The van der Waals surface area contributed by atoms with Gasteiger partial charge in [0, 0.05) is 12.5 Å². The summed E-state index contributed by atoms with van der Waals surface area (Å²) >= 11 is 0. The van der Waals surface area contributed by atoms with Gasteiger partial charge >= 0.3 is 6.03 Å². The Kier molecular flexibility index (Phi) is 4.34. The van der Waals surface area contributed by atoms with Crippen molar-refractivity contribution in [2.75, 3.05) is 5.32 Å². The highest BCUT2D eigenvalue weighted by atomic mass is 19.1. The normalized spacial score (nSPS) is 11.9.